The number of ether oxygens (including phenoxy) is 1. The molecule has 160 valence electrons. The minimum absolute atomic E-state index is 0.124. The fraction of sp³-hybridized carbons (Fsp3) is 0.444. The van der Waals surface area contributed by atoms with Crippen molar-refractivity contribution in [3.8, 4) is 5.69 Å². The first-order valence-corrected chi connectivity index (χ1v) is 9.50. The fourth-order valence-electron chi connectivity index (χ4n) is 2.87. The highest BCUT2D eigenvalue weighted by Crippen LogP contribution is 2.22. The van der Waals surface area contributed by atoms with E-state index < -0.39 is 29.6 Å². The number of hydrogen-bond acceptors (Lipinski definition) is 8. The van der Waals surface area contributed by atoms with Crippen molar-refractivity contribution in [2.45, 2.75) is 44.6 Å². The van der Waals surface area contributed by atoms with Crippen LogP contribution in [0.25, 0.3) is 5.69 Å². The van der Waals surface area contributed by atoms with Crippen molar-refractivity contribution in [3.63, 3.8) is 0 Å². The summed E-state index contributed by atoms with van der Waals surface area (Å²) in [6.45, 7) is 3.27. The average Bonchev–Trinajstić information content (AvgIpc) is 3.43. The molecule has 2 heterocycles. The van der Waals surface area contributed by atoms with Gasteiger partial charge in [0.15, 0.2) is 6.10 Å². The largest absolute Gasteiger partial charge is 0.380 e. The molecule has 2 aromatic rings. The topological polar surface area (TPSA) is 135 Å². The number of carbonyl (C=O) groups excluding carboxylic acids is 2. The van der Waals surface area contributed by atoms with Crippen LogP contribution < -0.4 is 5.32 Å². The average molecular weight is 436 g/mol. The van der Waals surface area contributed by atoms with Gasteiger partial charge in [-0.3, -0.25) is 9.59 Å². The number of halogens is 1. The standard InChI is InChI=1S/C18H22ClN7O4/c1-18(2,30-3)15(27)17(29)26-14(6-7-22-26)16(28)20-9-11-8-12(19)4-5-13(11)25-10-21-23-24-25/h4-5,7-8,10,14-15,27H,6,9H2,1-3H3,(H,20,28)/t14-,15-/m0/s1. The number of aromatic nitrogens is 4. The van der Waals surface area contributed by atoms with Gasteiger partial charge in [0, 0.05) is 31.3 Å². The second-order valence-electron chi connectivity index (χ2n) is 7.19. The number of amides is 2. The molecule has 1 aromatic heterocycles. The third kappa shape index (κ3) is 4.48. The molecule has 2 amide bonds. The molecule has 1 aliphatic rings. The SMILES string of the molecule is COC(C)(C)[C@@H](O)C(=O)N1N=CC[C@H]1C(=O)NCc1cc(Cl)ccc1-n1cnnn1. The van der Waals surface area contributed by atoms with Crippen LogP contribution >= 0.6 is 11.6 Å². The number of tetrazole rings is 1. The van der Waals surface area contributed by atoms with E-state index >= 15 is 0 Å². The van der Waals surface area contributed by atoms with Gasteiger partial charge >= 0.3 is 0 Å². The van der Waals surface area contributed by atoms with Gasteiger partial charge in [-0.25, -0.2) is 9.69 Å². The van der Waals surface area contributed by atoms with Gasteiger partial charge < -0.3 is 15.2 Å². The zero-order valence-corrected chi connectivity index (χ0v) is 17.4. The third-order valence-corrected chi connectivity index (χ3v) is 5.10. The summed E-state index contributed by atoms with van der Waals surface area (Å²) >= 11 is 6.09. The Hall–Kier alpha value is -2.89. The molecule has 2 N–H and O–H groups in total. The van der Waals surface area contributed by atoms with Gasteiger partial charge in [0.1, 0.15) is 12.4 Å². The highest BCUT2D eigenvalue weighted by molar-refractivity contribution is 6.30. The lowest BCUT2D eigenvalue weighted by Gasteiger charge is -2.31. The molecule has 3 rings (SSSR count). The first-order valence-electron chi connectivity index (χ1n) is 9.13. The van der Waals surface area contributed by atoms with E-state index in [0.717, 1.165) is 5.01 Å². The molecule has 12 heteroatoms. The number of hydrogen-bond donors (Lipinski definition) is 2. The second-order valence-corrected chi connectivity index (χ2v) is 7.62. The van der Waals surface area contributed by atoms with E-state index in [1.165, 1.54) is 24.3 Å². The van der Waals surface area contributed by atoms with E-state index in [4.69, 9.17) is 16.3 Å². The summed E-state index contributed by atoms with van der Waals surface area (Å²) in [5.74, 6) is -1.14. The Labute approximate surface area is 177 Å². The van der Waals surface area contributed by atoms with Crippen molar-refractivity contribution >= 4 is 29.6 Å². The van der Waals surface area contributed by atoms with Crippen molar-refractivity contribution < 1.29 is 19.4 Å². The third-order valence-electron chi connectivity index (χ3n) is 4.87. The van der Waals surface area contributed by atoms with Gasteiger partial charge in [-0.2, -0.15) is 5.10 Å². The van der Waals surface area contributed by atoms with Gasteiger partial charge in [-0.1, -0.05) is 11.6 Å². The minimum atomic E-state index is -1.48. The van der Waals surface area contributed by atoms with Gasteiger partial charge in [0.2, 0.25) is 5.91 Å². The van der Waals surface area contributed by atoms with E-state index in [9.17, 15) is 14.7 Å². The van der Waals surface area contributed by atoms with Crippen LogP contribution in [0.1, 0.15) is 25.8 Å². The van der Waals surface area contributed by atoms with Crippen LogP contribution in [0.2, 0.25) is 5.02 Å². The van der Waals surface area contributed by atoms with E-state index in [-0.39, 0.29) is 13.0 Å². The molecular weight excluding hydrogens is 414 g/mol. The molecule has 0 saturated heterocycles. The van der Waals surface area contributed by atoms with E-state index in [1.54, 1.807) is 32.0 Å². The second kappa shape index (κ2) is 8.86. The fourth-order valence-corrected chi connectivity index (χ4v) is 3.06. The number of nitrogens with one attached hydrogen (secondary N) is 1. The van der Waals surface area contributed by atoms with Gasteiger partial charge in [-0.05, 0) is 48.0 Å². The van der Waals surface area contributed by atoms with Gasteiger partial charge in [0.25, 0.3) is 5.91 Å². The lowest BCUT2D eigenvalue weighted by molar-refractivity contribution is -0.160. The molecule has 0 spiro atoms. The van der Waals surface area contributed by atoms with E-state index in [0.29, 0.717) is 16.3 Å². The molecule has 2 atom stereocenters. The number of aliphatic hydroxyl groups excluding tert-OH is 1. The number of rotatable bonds is 7. The lowest BCUT2D eigenvalue weighted by atomic mass is 10.00. The zero-order chi connectivity index (χ0) is 21.9. The van der Waals surface area contributed by atoms with Crippen LogP contribution in [0.15, 0.2) is 29.6 Å². The molecule has 1 aliphatic heterocycles. The Kier molecular flexibility index (Phi) is 6.44. The normalized spacial score (nSPS) is 17.2. The van der Waals surface area contributed by atoms with Gasteiger partial charge in [0.05, 0.1) is 11.3 Å². The first kappa shape index (κ1) is 21.8. The van der Waals surface area contributed by atoms with Crippen molar-refractivity contribution in [2.24, 2.45) is 5.10 Å². The summed E-state index contributed by atoms with van der Waals surface area (Å²) in [5.41, 5.74) is 0.204. The van der Waals surface area contributed by atoms with E-state index in [2.05, 4.69) is 25.9 Å². The molecule has 0 aliphatic carbocycles. The van der Waals surface area contributed by atoms with E-state index in [1.807, 2.05) is 0 Å². The molecule has 0 bridgehead atoms. The molecule has 0 radical (unpaired) electrons. The number of hydrazone groups is 1. The maximum Gasteiger partial charge on any atom is 0.275 e. The molecule has 11 nitrogen and oxygen atoms in total. The predicted molar refractivity (Wildman–Crippen MR) is 107 cm³/mol. The Balaban J connectivity index is 1.71. The Morgan fingerprint density at radius 1 is 1.43 bits per heavy atom. The van der Waals surface area contributed by atoms with Crippen molar-refractivity contribution in [1.82, 2.24) is 30.5 Å². The molecule has 1 aromatic carbocycles. The summed E-state index contributed by atoms with van der Waals surface area (Å²) in [7, 11) is 1.39. The number of carbonyl (C=O) groups is 2. The predicted octanol–water partition coefficient (Wildman–Crippen LogP) is 0.304. The van der Waals surface area contributed by atoms with Crippen LogP contribution in [0.5, 0.6) is 0 Å². The quantitative estimate of drug-likeness (QED) is 0.638. The van der Waals surface area contributed by atoms with Crippen molar-refractivity contribution in [1.29, 1.82) is 0 Å². The van der Waals surface area contributed by atoms with Crippen molar-refractivity contribution in [2.75, 3.05) is 7.11 Å². The summed E-state index contributed by atoms with van der Waals surface area (Å²) < 4.78 is 6.61. The molecule has 0 saturated carbocycles. The molecule has 0 fully saturated rings. The smallest absolute Gasteiger partial charge is 0.275 e. The monoisotopic (exact) mass is 435 g/mol. The highest BCUT2D eigenvalue weighted by Gasteiger charge is 2.41. The lowest BCUT2D eigenvalue weighted by Crippen LogP contribution is -2.53. The number of methoxy groups -OCH3 is 1. The Morgan fingerprint density at radius 2 is 2.20 bits per heavy atom. The zero-order valence-electron chi connectivity index (χ0n) is 16.7. The van der Waals surface area contributed by atoms with Crippen LogP contribution in [-0.2, 0) is 20.9 Å². The number of aliphatic hydroxyl groups is 1. The summed E-state index contributed by atoms with van der Waals surface area (Å²) in [5, 5.41) is 29.6. The molecular formula is C18H22ClN7O4. The van der Waals surface area contributed by atoms with Crippen molar-refractivity contribution in [3.05, 3.63) is 35.1 Å². The van der Waals surface area contributed by atoms with Crippen LogP contribution in [-0.4, -0.2) is 73.2 Å². The summed E-state index contributed by atoms with van der Waals surface area (Å²) in [4.78, 5) is 25.4. The highest BCUT2D eigenvalue weighted by atomic mass is 35.5. The Morgan fingerprint density at radius 3 is 2.87 bits per heavy atom. The number of benzene rings is 1. The molecule has 30 heavy (non-hydrogen) atoms. The maximum atomic E-state index is 12.8. The van der Waals surface area contributed by atoms with Crippen LogP contribution in [0.3, 0.4) is 0 Å². The van der Waals surface area contributed by atoms with Crippen LogP contribution in [0.4, 0.5) is 0 Å². The summed E-state index contributed by atoms with van der Waals surface area (Å²) in [6.07, 6.45) is 1.64. The minimum Gasteiger partial charge on any atom is -0.380 e. The number of nitrogens with zero attached hydrogens (tertiary/aromatic N) is 6. The first-order chi connectivity index (χ1) is 14.2. The summed E-state index contributed by atoms with van der Waals surface area (Å²) in [6, 6.07) is 4.24. The Bertz CT molecular complexity index is 948. The molecule has 0 unspecified atom stereocenters. The van der Waals surface area contributed by atoms with Gasteiger partial charge in [-0.15, -0.1) is 5.10 Å². The maximum absolute atomic E-state index is 12.8. The van der Waals surface area contributed by atoms with Crippen LogP contribution in [0, 0.1) is 0 Å².